The van der Waals surface area contributed by atoms with Crippen LogP contribution in [0.5, 0.6) is 0 Å². The second kappa shape index (κ2) is 5.99. The fourth-order valence-corrected chi connectivity index (χ4v) is 16.2. The predicted octanol–water partition coefficient (Wildman–Crippen LogP) is 3.66. The van der Waals surface area contributed by atoms with E-state index in [0.717, 1.165) is 19.9 Å². The maximum atomic E-state index is 12.1. The Bertz CT molecular complexity index is 719. The van der Waals surface area contributed by atoms with Crippen molar-refractivity contribution in [2.45, 2.75) is 25.9 Å². The third-order valence-corrected chi connectivity index (χ3v) is 14.7. The molecule has 0 aromatic carbocycles. The molecule has 0 saturated heterocycles. The molecule has 0 amide bonds. The van der Waals surface area contributed by atoms with Crippen LogP contribution in [0.4, 0.5) is 0 Å². The van der Waals surface area contributed by atoms with E-state index in [1.165, 1.54) is 10.4 Å². The van der Waals surface area contributed by atoms with Gasteiger partial charge in [-0.05, 0) is 0 Å². The first-order valence-corrected chi connectivity index (χ1v) is 13.7. The van der Waals surface area contributed by atoms with Crippen molar-refractivity contribution in [3.8, 4) is 0 Å². The third kappa shape index (κ3) is 2.39. The van der Waals surface area contributed by atoms with E-state index in [9.17, 15) is 9.59 Å². The van der Waals surface area contributed by atoms with Crippen molar-refractivity contribution in [1.82, 2.24) is 0 Å². The Morgan fingerprint density at radius 3 is 1.79 bits per heavy atom. The van der Waals surface area contributed by atoms with E-state index in [1.54, 1.807) is 0 Å². The Hall–Kier alpha value is -1.69. The molecule has 0 fully saturated rings. The van der Waals surface area contributed by atoms with Gasteiger partial charge in [-0.15, -0.1) is 0 Å². The van der Waals surface area contributed by atoms with Crippen molar-refractivity contribution < 1.29 is 33.6 Å². The molecule has 24 heavy (non-hydrogen) atoms. The van der Waals surface area contributed by atoms with Crippen molar-refractivity contribution >= 4 is 20.0 Å². The van der Waals surface area contributed by atoms with Gasteiger partial charge in [0.05, 0.1) is 0 Å². The molecule has 3 aliphatic rings. The maximum absolute atomic E-state index is 12.1. The van der Waals surface area contributed by atoms with Crippen molar-refractivity contribution in [1.29, 1.82) is 0 Å². The fourth-order valence-electron chi connectivity index (χ4n) is 3.77. The molecule has 0 aromatic heterocycles. The van der Waals surface area contributed by atoms with Crippen LogP contribution >= 0.6 is 0 Å². The van der Waals surface area contributed by atoms with Gasteiger partial charge >= 0.3 is 147 Å². The first kappa shape index (κ1) is 17.1. The van der Waals surface area contributed by atoms with Gasteiger partial charge in [0.1, 0.15) is 0 Å². The van der Waals surface area contributed by atoms with E-state index in [0.29, 0.717) is 12.8 Å². The summed E-state index contributed by atoms with van der Waals surface area (Å²) < 4.78 is 13.9. The zero-order valence-electron chi connectivity index (χ0n) is 13.9. The molecule has 3 rings (SSSR count). The van der Waals surface area contributed by atoms with Crippen LogP contribution in [0, 0.1) is 0 Å². The first-order chi connectivity index (χ1) is 11.4. The van der Waals surface area contributed by atoms with Crippen LogP contribution in [0.25, 0.3) is 0 Å². The van der Waals surface area contributed by atoms with Crippen molar-refractivity contribution in [3.05, 3.63) is 67.8 Å². The van der Waals surface area contributed by atoms with E-state index in [1.807, 2.05) is 0 Å². The number of carbonyl (C=O) groups is 2. The molecule has 124 valence electrons. The molecule has 0 saturated carbocycles. The number of hydrogen-bond acceptors (Lipinski definition) is 4. The number of rotatable bonds is 4. The minimum atomic E-state index is -4.03. The topological polar surface area (TPSA) is 52.6 Å². The molecule has 1 aliphatic heterocycles. The summed E-state index contributed by atoms with van der Waals surface area (Å²) in [7, 11) is -1.86. The molecule has 0 atom stereocenters. The van der Waals surface area contributed by atoms with Crippen LogP contribution in [0.15, 0.2) is 67.8 Å². The van der Waals surface area contributed by atoms with Crippen LogP contribution in [-0.4, -0.2) is 20.0 Å². The SMILES string of the molecule is C=CC(=O)[O][Ti]1([O]C(=O)C=C)[C]2=C(C=CC2)[Si](C)(C)C2=[C]1CC=C2. The second-order valence-electron chi connectivity index (χ2n) is 6.49. The number of carbonyl (C=O) groups excluding carboxylic acids is 2. The summed E-state index contributed by atoms with van der Waals surface area (Å²) in [6, 6.07) is 0. The fraction of sp³-hybridized carbons (Fsp3) is 0.222. The Balaban J connectivity index is 2.23. The summed E-state index contributed by atoms with van der Waals surface area (Å²) in [4.78, 5) is 24.2. The Morgan fingerprint density at radius 1 is 1.00 bits per heavy atom. The summed E-state index contributed by atoms with van der Waals surface area (Å²) in [6.45, 7) is 11.6. The molecule has 6 heteroatoms. The van der Waals surface area contributed by atoms with Crippen molar-refractivity contribution in [2.24, 2.45) is 0 Å². The molecule has 0 aromatic rings. The quantitative estimate of drug-likeness (QED) is 0.555. The monoisotopic (exact) mass is 376 g/mol. The van der Waals surface area contributed by atoms with Crippen molar-refractivity contribution in [3.63, 3.8) is 0 Å². The molecule has 0 radical (unpaired) electrons. The van der Waals surface area contributed by atoms with Gasteiger partial charge in [-0.2, -0.15) is 0 Å². The molecule has 4 nitrogen and oxygen atoms in total. The van der Waals surface area contributed by atoms with Gasteiger partial charge in [0.25, 0.3) is 0 Å². The van der Waals surface area contributed by atoms with Crippen LogP contribution in [-0.2, 0) is 33.6 Å². The van der Waals surface area contributed by atoms with Gasteiger partial charge in [0.2, 0.25) is 0 Å². The van der Waals surface area contributed by atoms with E-state index in [4.69, 9.17) is 6.64 Å². The first-order valence-electron chi connectivity index (χ1n) is 7.89. The molecule has 0 bridgehead atoms. The zero-order valence-corrected chi connectivity index (χ0v) is 16.5. The zero-order chi connectivity index (χ0) is 17.5. The van der Waals surface area contributed by atoms with E-state index in [2.05, 4.69) is 50.6 Å². The molecule has 0 spiro atoms. The molecule has 0 N–H and O–H groups in total. The van der Waals surface area contributed by atoms with Crippen LogP contribution in [0.2, 0.25) is 13.1 Å². The molecule has 0 unspecified atom stereocenters. The number of allylic oxidation sites excluding steroid dienone is 8. The van der Waals surface area contributed by atoms with Gasteiger partial charge in [-0.1, -0.05) is 0 Å². The summed E-state index contributed by atoms with van der Waals surface area (Å²) in [6.07, 6.45) is 12.0. The Morgan fingerprint density at radius 2 is 1.42 bits per heavy atom. The van der Waals surface area contributed by atoms with Crippen LogP contribution in [0.3, 0.4) is 0 Å². The van der Waals surface area contributed by atoms with Gasteiger partial charge in [-0.3, -0.25) is 0 Å². The Kier molecular flexibility index (Phi) is 4.28. The molecule has 2 aliphatic carbocycles. The van der Waals surface area contributed by atoms with Crippen LogP contribution in [0.1, 0.15) is 12.8 Å². The Labute approximate surface area is 147 Å². The minimum absolute atomic E-state index is 0.536. The summed E-state index contributed by atoms with van der Waals surface area (Å²) in [5.74, 6) is -1.07. The van der Waals surface area contributed by atoms with E-state index < -0.39 is 37.4 Å². The van der Waals surface area contributed by atoms with Crippen LogP contribution < -0.4 is 0 Å². The van der Waals surface area contributed by atoms with Gasteiger partial charge in [0, 0.05) is 0 Å². The molecule has 1 heterocycles. The summed E-state index contributed by atoms with van der Waals surface area (Å²) >= 11 is -4.03. The number of hydrogen-bond donors (Lipinski definition) is 0. The molecular weight excluding hydrogens is 356 g/mol. The predicted molar refractivity (Wildman–Crippen MR) is 91.6 cm³/mol. The second-order valence-corrected chi connectivity index (χ2v) is 15.3. The van der Waals surface area contributed by atoms with E-state index >= 15 is 0 Å². The summed E-state index contributed by atoms with van der Waals surface area (Å²) in [5.41, 5.74) is 0. The van der Waals surface area contributed by atoms with E-state index in [-0.39, 0.29) is 0 Å². The standard InChI is InChI=1S/C12H14Si.2C3H4O2.Ti/c1-13(2,11-7-3-4-8-11)12-9-5-6-10-12;2*1-2-3(4)5;/h3,5,7,9H,4,6H2,1-2H3;2*2H,1H2,(H,4,5);/q;;;+2/p-2. The summed E-state index contributed by atoms with van der Waals surface area (Å²) in [5, 5.41) is 2.48. The van der Waals surface area contributed by atoms with Gasteiger partial charge in [-0.25, -0.2) is 0 Å². The molecular formula is C18H20O4SiTi. The normalized spacial score (nSPS) is 22.1. The average molecular weight is 376 g/mol. The van der Waals surface area contributed by atoms with Gasteiger partial charge < -0.3 is 0 Å². The van der Waals surface area contributed by atoms with Crippen molar-refractivity contribution in [2.75, 3.05) is 0 Å². The average Bonchev–Trinajstić information content (AvgIpc) is 3.22. The van der Waals surface area contributed by atoms with Gasteiger partial charge in [0.15, 0.2) is 0 Å². The third-order valence-electron chi connectivity index (χ3n) is 4.83.